The Balaban J connectivity index is 1.33. The van der Waals surface area contributed by atoms with Crippen molar-refractivity contribution in [2.45, 2.75) is 142 Å². The fourth-order valence-electron chi connectivity index (χ4n) is 13.0. The van der Waals surface area contributed by atoms with E-state index < -0.39 is 40.8 Å². The van der Waals surface area contributed by atoms with E-state index in [1.54, 1.807) is 0 Å². The van der Waals surface area contributed by atoms with Crippen LogP contribution >= 0.6 is 0 Å². The topological polar surface area (TPSA) is 115 Å². The second-order valence-corrected chi connectivity index (χ2v) is 19.0. The lowest BCUT2D eigenvalue weighted by Gasteiger charge is -2.64. The molecule has 4 aliphatic carbocycles. The smallest absolute Gasteiger partial charge is 0.244 e. The molecule has 52 heavy (non-hydrogen) atoms. The maximum atomic E-state index is 14.9. The van der Waals surface area contributed by atoms with Gasteiger partial charge in [0.15, 0.2) is 5.78 Å². The number of hydrogen-bond acceptors (Lipinski definition) is 5. The highest BCUT2D eigenvalue weighted by molar-refractivity contribution is 6.18. The molecule has 2 aliphatic heterocycles. The van der Waals surface area contributed by atoms with E-state index in [9.17, 15) is 19.8 Å². The molecule has 3 heterocycles. The molecule has 8 rings (SSSR count). The molecule has 0 saturated heterocycles. The number of allylic oxidation sites excluding steroid dienone is 3. The number of fused-ring (bicyclic) bond motifs is 11. The Morgan fingerprint density at radius 3 is 2.48 bits per heavy atom. The molecule has 0 bridgehead atoms. The highest BCUT2D eigenvalue weighted by Gasteiger charge is 2.67. The lowest BCUT2D eigenvalue weighted by molar-refractivity contribution is -0.144. The van der Waals surface area contributed by atoms with E-state index >= 15 is 0 Å². The second-order valence-electron chi connectivity index (χ2n) is 19.0. The van der Waals surface area contributed by atoms with E-state index in [4.69, 9.17) is 10.5 Å². The van der Waals surface area contributed by atoms with Crippen molar-refractivity contribution in [1.82, 2.24) is 4.57 Å². The fraction of sp³-hybridized carbons (Fsp3) is 0.600. The van der Waals surface area contributed by atoms with Gasteiger partial charge in [-0.05, 0) is 119 Å². The Bertz CT molecular complexity index is 2060. The number of aliphatic hydroxyl groups excluding tert-OH is 2. The van der Waals surface area contributed by atoms with Crippen molar-refractivity contribution in [2.24, 2.45) is 34.3 Å². The van der Waals surface area contributed by atoms with Gasteiger partial charge in [0.25, 0.3) is 0 Å². The molecule has 0 spiro atoms. The average Bonchev–Trinajstić information content (AvgIpc) is 3.71. The fourth-order valence-corrected chi connectivity index (χ4v) is 13.0. The molecule has 2 fully saturated rings. The molecule has 1 aromatic heterocycles. The molecule has 1 aromatic carbocycles. The first kappa shape index (κ1) is 35.8. The molecule has 2 aromatic rings. The zero-order valence-electron chi connectivity index (χ0n) is 32.7. The minimum atomic E-state index is -0.855. The number of benzene rings is 1. The minimum Gasteiger partial charge on any atom is -0.392 e. The molecule has 1 amide bonds. The summed E-state index contributed by atoms with van der Waals surface area (Å²) in [5.74, 6) is -0.0848. The Morgan fingerprint density at radius 2 is 1.83 bits per heavy atom. The van der Waals surface area contributed by atoms with Gasteiger partial charge < -0.3 is 25.3 Å². The zero-order valence-corrected chi connectivity index (χ0v) is 32.7. The zero-order chi connectivity index (χ0) is 37.7. The SMILES string of the molecule is C=C(C)[C@H]1C(=O)c2c3c(cc4c5c(n1c24)[C@@]1(C)[C@@H](CC[C@H]2[C@](C)(/C=C/C=C(\CCC)C(N)=O)[C@@H](O)CC[C@@]21C)C5)C1=CC(C)(C)OC(C)(C)[C@H]1[C@@H]3O. The van der Waals surface area contributed by atoms with Crippen LogP contribution < -0.4 is 5.73 Å². The van der Waals surface area contributed by atoms with Crippen molar-refractivity contribution in [1.29, 1.82) is 0 Å². The number of carbonyl (C=O) groups is 2. The van der Waals surface area contributed by atoms with Gasteiger partial charge in [-0.1, -0.05) is 64.5 Å². The highest BCUT2D eigenvalue weighted by Crippen LogP contribution is 2.71. The number of amides is 1. The summed E-state index contributed by atoms with van der Waals surface area (Å²) < 4.78 is 8.90. The number of carbonyl (C=O) groups excluding carboxylic acids is 2. The van der Waals surface area contributed by atoms with E-state index in [0.29, 0.717) is 29.9 Å². The maximum absolute atomic E-state index is 14.9. The van der Waals surface area contributed by atoms with Gasteiger partial charge in [-0.2, -0.15) is 0 Å². The largest absolute Gasteiger partial charge is 0.392 e. The summed E-state index contributed by atoms with van der Waals surface area (Å²) in [6.45, 7) is 23.8. The number of Topliss-reactive ketones (excluding diaryl/α,β-unsaturated/α-hetero) is 1. The van der Waals surface area contributed by atoms with Gasteiger partial charge in [0.05, 0.1) is 34.5 Å². The van der Waals surface area contributed by atoms with Crippen molar-refractivity contribution in [3.05, 3.63) is 76.0 Å². The number of nitrogens with zero attached hydrogens (tertiary/aromatic N) is 1. The van der Waals surface area contributed by atoms with E-state index in [1.807, 2.05) is 26.0 Å². The second kappa shape index (κ2) is 11.1. The first-order chi connectivity index (χ1) is 24.2. The Hall–Kier alpha value is -3.26. The quantitative estimate of drug-likeness (QED) is 0.159. The van der Waals surface area contributed by atoms with E-state index in [2.05, 4.69) is 77.8 Å². The van der Waals surface area contributed by atoms with E-state index in [0.717, 1.165) is 65.3 Å². The van der Waals surface area contributed by atoms with Gasteiger partial charge in [0.1, 0.15) is 6.04 Å². The Morgan fingerprint density at radius 1 is 1.12 bits per heavy atom. The van der Waals surface area contributed by atoms with Gasteiger partial charge in [-0.15, -0.1) is 0 Å². The molecule has 9 atom stereocenters. The van der Waals surface area contributed by atoms with Gasteiger partial charge in [0.2, 0.25) is 5.91 Å². The summed E-state index contributed by atoms with van der Waals surface area (Å²) in [4.78, 5) is 27.0. The number of rotatable bonds is 6. The minimum absolute atomic E-state index is 0.0314. The number of aromatic nitrogens is 1. The lowest BCUT2D eigenvalue weighted by atomic mass is 9.40. The van der Waals surface area contributed by atoms with Crippen LogP contribution in [0.5, 0.6) is 0 Å². The maximum Gasteiger partial charge on any atom is 0.244 e. The summed E-state index contributed by atoms with van der Waals surface area (Å²) >= 11 is 0. The Kier molecular flexibility index (Phi) is 7.66. The monoisotopic (exact) mass is 706 g/mol. The number of primary amides is 1. The number of ketones is 1. The Labute approximate surface area is 309 Å². The van der Waals surface area contributed by atoms with E-state index in [1.165, 1.54) is 11.3 Å². The first-order valence-corrected chi connectivity index (χ1v) is 19.7. The van der Waals surface area contributed by atoms with Crippen LogP contribution in [0.15, 0.2) is 48.1 Å². The number of aliphatic hydroxyl groups is 2. The van der Waals surface area contributed by atoms with Crippen LogP contribution in [-0.4, -0.2) is 43.8 Å². The molecular formula is C45H58N2O5. The van der Waals surface area contributed by atoms with Gasteiger partial charge in [0, 0.05) is 39.0 Å². The average molecular weight is 707 g/mol. The normalized spacial score (nSPS) is 38.2. The third-order valence-electron chi connectivity index (χ3n) is 15.2. The van der Waals surface area contributed by atoms with Crippen LogP contribution in [0.2, 0.25) is 0 Å². The molecule has 278 valence electrons. The van der Waals surface area contributed by atoms with Crippen LogP contribution in [0.4, 0.5) is 0 Å². The third-order valence-corrected chi connectivity index (χ3v) is 15.2. The molecule has 0 unspecified atom stereocenters. The summed E-state index contributed by atoms with van der Waals surface area (Å²) in [5, 5.41) is 25.1. The molecule has 7 heteroatoms. The van der Waals surface area contributed by atoms with Crippen molar-refractivity contribution < 1.29 is 24.5 Å². The van der Waals surface area contributed by atoms with Crippen LogP contribution in [0.25, 0.3) is 16.5 Å². The van der Waals surface area contributed by atoms with Crippen LogP contribution in [0.3, 0.4) is 0 Å². The third kappa shape index (κ3) is 4.36. The van der Waals surface area contributed by atoms with Gasteiger partial charge >= 0.3 is 0 Å². The molecule has 2 saturated carbocycles. The predicted molar refractivity (Wildman–Crippen MR) is 206 cm³/mol. The van der Waals surface area contributed by atoms with Gasteiger partial charge in [-0.25, -0.2) is 0 Å². The number of ether oxygens (including phenoxy) is 1. The molecule has 6 aliphatic rings. The predicted octanol–water partition coefficient (Wildman–Crippen LogP) is 8.36. The van der Waals surface area contributed by atoms with Crippen molar-refractivity contribution in [2.75, 3.05) is 0 Å². The van der Waals surface area contributed by atoms with Crippen molar-refractivity contribution >= 4 is 28.2 Å². The molecule has 7 nitrogen and oxygen atoms in total. The van der Waals surface area contributed by atoms with Crippen molar-refractivity contribution in [3.8, 4) is 0 Å². The van der Waals surface area contributed by atoms with E-state index in [-0.39, 0.29) is 28.4 Å². The summed E-state index contributed by atoms with van der Waals surface area (Å²) in [6.07, 6.45) is 12.7. The summed E-state index contributed by atoms with van der Waals surface area (Å²) in [6, 6.07) is 1.77. The number of hydrogen-bond donors (Lipinski definition) is 3. The van der Waals surface area contributed by atoms with Crippen LogP contribution in [-0.2, 0) is 21.4 Å². The van der Waals surface area contributed by atoms with Crippen LogP contribution in [0.1, 0.15) is 146 Å². The highest BCUT2D eigenvalue weighted by atomic mass is 16.5. The van der Waals surface area contributed by atoms with Gasteiger partial charge in [-0.3, -0.25) is 9.59 Å². The summed E-state index contributed by atoms with van der Waals surface area (Å²) in [5.41, 5.74) is 12.1. The van der Waals surface area contributed by atoms with Crippen LogP contribution in [0, 0.1) is 28.6 Å². The first-order valence-electron chi connectivity index (χ1n) is 19.7. The standard InChI is InChI=1S/C45H58N2O5/c1-11-13-24(40(46)51)14-12-18-43(8)30-16-15-25-20-28-27-21-26-29-22-41(4,5)52-42(6,7)34(29)37(49)32(26)33-36(27)47(35(23(2)3)38(33)50)39(28)45(25,10)44(30,9)19-17-31(43)48/h12,14,18,21-22,25,30-31,34-35,37,48-49H,2,11,13,15-17,19-20H2,1,3-10H3,(H2,46,51)/b18-12+,24-14+/t25-,30-,31-,34+,35-,37+,43-,44-,45+/m0/s1. The lowest BCUT2D eigenvalue weighted by Crippen LogP contribution is -2.62. The molecular weight excluding hydrogens is 649 g/mol. The number of nitrogens with two attached hydrogens (primary N) is 1. The van der Waals surface area contributed by atoms with Crippen molar-refractivity contribution in [3.63, 3.8) is 0 Å². The molecule has 0 radical (unpaired) electrons. The molecule has 4 N–H and O–H groups in total. The summed E-state index contributed by atoms with van der Waals surface area (Å²) in [7, 11) is 0.